The van der Waals surface area contributed by atoms with E-state index in [2.05, 4.69) is 22.2 Å². The van der Waals surface area contributed by atoms with Crippen LogP contribution >= 0.6 is 0 Å². The number of carbonyl (C=O) groups is 2. The molecule has 0 saturated carbocycles. The molecule has 2 aliphatic heterocycles. The van der Waals surface area contributed by atoms with Gasteiger partial charge in [-0.3, -0.25) is 9.59 Å². The van der Waals surface area contributed by atoms with Crippen LogP contribution in [0.5, 0.6) is 0 Å². The summed E-state index contributed by atoms with van der Waals surface area (Å²) in [6.07, 6.45) is 15.0. The van der Waals surface area contributed by atoms with Crippen molar-refractivity contribution < 1.29 is 9.59 Å². The quantitative estimate of drug-likeness (QED) is 0.329. The van der Waals surface area contributed by atoms with Crippen molar-refractivity contribution in [1.29, 1.82) is 0 Å². The number of likely N-dealkylation sites (tertiary alicyclic amines) is 1. The zero-order valence-corrected chi connectivity index (χ0v) is 16.7. The third-order valence-corrected chi connectivity index (χ3v) is 4.87. The number of aliphatic imine (C=N–C) groups is 2. The van der Waals surface area contributed by atoms with E-state index in [0.717, 1.165) is 17.7 Å². The minimum Gasteiger partial charge on any atom is -0.370 e. The van der Waals surface area contributed by atoms with Gasteiger partial charge in [0.25, 0.3) is 5.79 Å². The standard InChI is InChI=1S/C20H33N5O2/c1-3-4-5-6-7-8-9-10-11-12-15-20(23-16(2)22-19(21)24-20)25-17(26)13-14-18(25)27/h12,15H,3-11,13-14H2,1-2H3,(H3,21,22,23,24). The summed E-state index contributed by atoms with van der Waals surface area (Å²) in [5, 5.41) is 2.82. The molecule has 1 atom stereocenters. The Morgan fingerprint density at radius 2 is 1.63 bits per heavy atom. The Labute approximate surface area is 162 Å². The average molecular weight is 376 g/mol. The van der Waals surface area contributed by atoms with Crippen molar-refractivity contribution in [2.24, 2.45) is 15.7 Å². The molecular weight excluding hydrogens is 342 g/mol. The van der Waals surface area contributed by atoms with Crippen molar-refractivity contribution in [3.63, 3.8) is 0 Å². The Morgan fingerprint density at radius 3 is 2.22 bits per heavy atom. The van der Waals surface area contributed by atoms with E-state index in [1.807, 2.05) is 6.08 Å². The predicted molar refractivity (Wildman–Crippen MR) is 108 cm³/mol. The van der Waals surface area contributed by atoms with E-state index in [9.17, 15) is 9.59 Å². The van der Waals surface area contributed by atoms with Crippen LogP contribution in [0.25, 0.3) is 0 Å². The highest BCUT2D eigenvalue weighted by molar-refractivity contribution is 6.05. The van der Waals surface area contributed by atoms with Crippen LogP contribution in [0.4, 0.5) is 0 Å². The van der Waals surface area contributed by atoms with Crippen molar-refractivity contribution in [2.45, 2.75) is 90.3 Å². The molecule has 2 rings (SSSR count). The third kappa shape index (κ3) is 5.91. The monoisotopic (exact) mass is 375 g/mol. The van der Waals surface area contributed by atoms with Gasteiger partial charge in [-0.1, -0.05) is 57.9 Å². The van der Waals surface area contributed by atoms with Crippen LogP contribution < -0.4 is 11.1 Å². The molecule has 2 aliphatic rings. The van der Waals surface area contributed by atoms with Crippen LogP contribution in [-0.4, -0.2) is 34.3 Å². The van der Waals surface area contributed by atoms with Crippen molar-refractivity contribution in [2.75, 3.05) is 0 Å². The summed E-state index contributed by atoms with van der Waals surface area (Å²) < 4.78 is 0. The number of nitrogens with zero attached hydrogens (tertiary/aromatic N) is 3. The molecule has 0 radical (unpaired) electrons. The molecule has 0 aromatic carbocycles. The molecule has 0 aromatic rings. The molecule has 0 aromatic heterocycles. The fourth-order valence-corrected chi connectivity index (χ4v) is 3.52. The molecule has 2 amide bonds. The zero-order valence-electron chi connectivity index (χ0n) is 16.7. The Bertz CT molecular complexity index is 590. The molecule has 0 spiro atoms. The van der Waals surface area contributed by atoms with Gasteiger partial charge in [-0.25, -0.2) is 9.89 Å². The summed E-state index contributed by atoms with van der Waals surface area (Å²) in [4.78, 5) is 34.4. The maximum atomic E-state index is 12.3. The first-order chi connectivity index (χ1) is 13.0. The lowest BCUT2D eigenvalue weighted by Gasteiger charge is -2.34. The van der Waals surface area contributed by atoms with Gasteiger partial charge in [-0.15, -0.1) is 0 Å². The molecule has 0 bridgehead atoms. The van der Waals surface area contributed by atoms with Crippen LogP contribution in [0.3, 0.4) is 0 Å². The van der Waals surface area contributed by atoms with E-state index in [1.54, 1.807) is 13.0 Å². The Morgan fingerprint density at radius 1 is 1.04 bits per heavy atom. The molecular formula is C20H33N5O2. The second kappa shape index (κ2) is 10.2. The van der Waals surface area contributed by atoms with Crippen molar-refractivity contribution in [3.05, 3.63) is 12.2 Å². The molecule has 0 aliphatic carbocycles. The molecule has 2 heterocycles. The van der Waals surface area contributed by atoms with Crippen molar-refractivity contribution in [1.82, 2.24) is 10.2 Å². The number of imide groups is 1. The van der Waals surface area contributed by atoms with E-state index >= 15 is 0 Å². The van der Waals surface area contributed by atoms with Gasteiger partial charge < -0.3 is 11.1 Å². The smallest absolute Gasteiger partial charge is 0.261 e. The summed E-state index contributed by atoms with van der Waals surface area (Å²) in [5.41, 5.74) is 5.85. The number of guanidine groups is 1. The van der Waals surface area contributed by atoms with Crippen molar-refractivity contribution >= 4 is 23.6 Å². The van der Waals surface area contributed by atoms with Crippen LogP contribution in [0.15, 0.2) is 22.1 Å². The maximum absolute atomic E-state index is 12.3. The molecule has 27 heavy (non-hydrogen) atoms. The minimum absolute atomic E-state index is 0.159. The van der Waals surface area contributed by atoms with Gasteiger partial charge in [0.15, 0.2) is 5.96 Å². The molecule has 1 unspecified atom stereocenters. The SMILES string of the molecule is CCCCCCCCCCC=CC1(N2C(=O)CCC2=O)N=C(C)NC(N)=N1. The van der Waals surface area contributed by atoms with E-state index in [1.165, 1.54) is 44.9 Å². The Kier molecular flexibility index (Phi) is 8.00. The Balaban J connectivity index is 1.92. The molecule has 3 N–H and O–H groups in total. The second-order valence-corrected chi connectivity index (χ2v) is 7.30. The highest BCUT2D eigenvalue weighted by atomic mass is 16.2. The van der Waals surface area contributed by atoms with Crippen LogP contribution in [-0.2, 0) is 9.59 Å². The van der Waals surface area contributed by atoms with Crippen LogP contribution in [0, 0.1) is 0 Å². The third-order valence-electron chi connectivity index (χ3n) is 4.87. The first-order valence-corrected chi connectivity index (χ1v) is 10.2. The van der Waals surface area contributed by atoms with E-state index in [4.69, 9.17) is 5.73 Å². The van der Waals surface area contributed by atoms with E-state index in [0.29, 0.717) is 5.84 Å². The molecule has 1 fully saturated rings. The normalized spacial score (nSPS) is 23.0. The van der Waals surface area contributed by atoms with Crippen LogP contribution in [0.2, 0.25) is 0 Å². The zero-order chi connectivity index (χ0) is 19.7. The number of hydrogen-bond donors (Lipinski definition) is 2. The molecule has 150 valence electrons. The summed E-state index contributed by atoms with van der Waals surface area (Å²) >= 11 is 0. The highest BCUT2D eigenvalue weighted by Gasteiger charge is 2.46. The summed E-state index contributed by atoms with van der Waals surface area (Å²) in [6.45, 7) is 3.97. The lowest BCUT2D eigenvalue weighted by molar-refractivity contribution is -0.143. The summed E-state index contributed by atoms with van der Waals surface area (Å²) in [7, 11) is 0. The second-order valence-electron chi connectivity index (χ2n) is 7.30. The largest absolute Gasteiger partial charge is 0.370 e. The van der Waals surface area contributed by atoms with E-state index in [-0.39, 0.29) is 30.6 Å². The van der Waals surface area contributed by atoms with Gasteiger partial charge in [-0.05, 0) is 25.8 Å². The minimum atomic E-state index is -1.37. The first-order valence-electron chi connectivity index (χ1n) is 10.2. The molecule has 1 saturated heterocycles. The first kappa shape index (κ1) is 21.1. The van der Waals surface area contributed by atoms with Gasteiger partial charge in [0.05, 0.1) is 0 Å². The number of carbonyl (C=O) groups excluding carboxylic acids is 2. The average Bonchev–Trinajstić information content (AvgIpc) is 2.95. The maximum Gasteiger partial charge on any atom is 0.261 e. The number of hydrogen-bond acceptors (Lipinski definition) is 6. The fourth-order valence-electron chi connectivity index (χ4n) is 3.52. The topological polar surface area (TPSA) is 100 Å². The lowest BCUT2D eigenvalue weighted by Crippen LogP contribution is -2.54. The number of amides is 2. The predicted octanol–water partition coefficient (Wildman–Crippen LogP) is 3.21. The number of nitrogens with two attached hydrogens (primary N) is 1. The number of rotatable bonds is 11. The number of nitrogens with one attached hydrogen (secondary N) is 1. The van der Waals surface area contributed by atoms with Crippen LogP contribution in [0.1, 0.15) is 84.5 Å². The number of allylic oxidation sites excluding steroid dienone is 1. The Hall–Kier alpha value is -2.18. The molecule has 7 nitrogen and oxygen atoms in total. The number of amidine groups is 1. The van der Waals surface area contributed by atoms with Gasteiger partial charge in [0.1, 0.15) is 5.84 Å². The van der Waals surface area contributed by atoms with Crippen molar-refractivity contribution in [3.8, 4) is 0 Å². The fraction of sp³-hybridized carbons (Fsp3) is 0.700. The van der Waals surface area contributed by atoms with Gasteiger partial charge in [0.2, 0.25) is 11.8 Å². The summed E-state index contributed by atoms with van der Waals surface area (Å²) in [5.74, 6) is -1.19. The number of unbranched alkanes of at least 4 members (excludes halogenated alkanes) is 8. The van der Waals surface area contributed by atoms with Gasteiger partial charge >= 0.3 is 0 Å². The van der Waals surface area contributed by atoms with E-state index < -0.39 is 5.79 Å². The van der Waals surface area contributed by atoms with Gasteiger partial charge in [-0.2, -0.15) is 4.99 Å². The molecule has 7 heteroatoms. The highest BCUT2D eigenvalue weighted by Crippen LogP contribution is 2.30. The van der Waals surface area contributed by atoms with Gasteiger partial charge in [0, 0.05) is 12.8 Å². The summed E-state index contributed by atoms with van der Waals surface area (Å²) in [6, 6.07) is 0. The lowest BCUT2D eigenvalue weighted by atomic mass is 10.1.